The predicted octanol–water partition coefficient (Wildman–Crippen LogP) is 0.137. The maximum Gasteiger partial charge on any atom is 0.241 e. The number of hydrogen-bond donors (Lipinski definition) is 3. The van der Waals surface area contributed by atoms with Crippen LogP contribution in [0.4, 0.5) is 0 Å². The summed E-state index contributed by atoms with van der Waals surface area (Å²) >= 11 is 0. The summed E-state index contributed by atoms with van der Waals surface area (Å²) in [6.07, 6.45) is 3.09. The Balaban J connectivity index is 2.10. The quantitative estimate of drug-likeness (QED) is 0.261. The lowest BCUT2D eigenvalue weighted by Gasteiger charge is -2.21. The third kappa shape index (κ3) is 11.7. The van der Waals surface area contributed by atoms with Crippen LogP contribution in [0, 0.1) is 5.92 Å². The zero-order valence-electron chi connectivity index (χ0n) is 15.6. The zero-order chi connectivity index (χ0) is 18.2. The van der Waals surface area contributed by atoms with Crippen molar-refractivity contribution in [3.05, 3.63) is 0 Å². The molecule has 1 amide bonds. The maximum absolute atomic E-state index is 11.6. The smallest absolute Gasteiger partial charge is 0.241 e. The highest BCUT2D eigenvalue weighted by Crippen LogP contribution is 2.14. The number of ether oxygens (including phenoxy) is 3. The average molecular weight is 358 g/mol. The molecule has 0 unspecified atom stereocenters. The van der Waals surface area contributed by atoms with Gasteiger partial charge in [-0.15, -0.1) is 0 Å². The molecule has 1 fully saturated rings. The molecule has 8 nitrogen and oxygen atoms in total. The number of carbonyl (C=O) groups excluding carboxylic acids is 1. The Bertz CT molecular complexity index is 374. The highest BCUT2D eigenvalue weighted by atomic mass is 16.5. The first-order chi connectivity index (χ1) is 12.3. The third-order valence-corrected chi connectivity index (χ3v) is 3.81. The Kier molecular flexibility index (Phi) is 12.9. The second-order valence-corrected chi connectivity index (χ2v) is 5.95. The Hall–Kier alpha value is -1.38. The van der Waals surface area contributed by atoms with Gasteiger partial charge in [-0.3, -0.25) is 4.79 Å². The minimum absolute atomic E-state index is 0.0965. The van der Waals surface area contributed by atoms with E-state index in [0.29, 0.717) is 25.0 Å². The molecule has 3 N–H and O–H groups in total. The van der Waals surface area contributed by atoms with Gasteiger partial charge in [0.25, 0.3) is 0 Å². The van der Waals surface area contributed by atoms with E-state index in [-0.39, 0.29) is 12.5 Å². The largest absolute Gasteiger partial charge is 0.383 e. The summed E-state index contributed by atoms with van der Waals surface area (Å²) in [7, 11) is 1.60. The number of amides is 1. The standard InChI is InChI=1S/C17H34N4O4/c1-3-18-17(21-13-16(22)19-8-12-23-2)20-7-4-9-25-14-15-5-10-24-11-6-15/h15H,3-14H2,1-2H3,(H,19,22)(H2,18,20,21). The minimum Gasteiger partial charge on any atom is -0.383 e. The monoisotopic (exact) mass is 358 g/mol. The number of rotatable bonds is 12. The van der Waals surface area contributed by atoms with Crippen LogP contribution in [0.1, 0.15) is 26.2 Å². The van der Waals surface area contributed by atoms with Gasteiger partial charge in [-0.1, -0.05) is 0 Å². The van der Waals surface area contributed by atoms with Gasteiger partial charge in [-0.25, -0.2) is 4.99 Å². The van der Waals surface area contributed by atoms with E-state index in [4.69, 9.17) is 14.2 Å². The molecule has 146 valence electrons. The molecule has 8 heteroatoms. The fourth-order valence-electron chi connectivity index (χ4n) is 2.39. The predicted molar refractivity (Wildman–Crippen MR) is 97.8 cm³/mol. The van der Waals surface area contributed by atoms with Crippen molar-refractivity contribution in [2.24, 2.45) is 10.9 Å². The summed E-state index contributed by atoms with van der Waals surface area (Å²) in [5, 5.41) is 9.08. The fraction of sp³-hybridized carbons (Fsp3) is 0.882. The Labute approximate surface area is 151 Å². The van der Waals surface area contributed by atoms with Gasteiger partial charge >= 0.3 is 0 Å². The average Bonchev–Trinajstić information content (AvgIpc) is 2.63. The summed E-state index contributed by atoms with van der Waals surface area (Å²) in [5.74, 6) is 1.17. The lowest BCUT2D eigenvalue weighted by molar-refractivity contribution is -0.119. The minimum atomic E-state index is -0.117. The Morgan fingerprint density at radius 1 is 1.16 bits per heavy atom. The molecule has 0 aromatic heterocycles. The molecule has 0 atom stereocenters. The van der Waals surface area contributed by atoms with E-state index in [0.717, 1.165) is 58.8 Å². The van der Waals surface area contributed by atoms with Crippen LogP contribution in [0.3, 0.4) is 0 Å². The van der Waals surface area contributed by atoms with Crippen LogP contribution in [0.2, 0.25) is 0 Å². The number of guanidine groups is 1. The molecule has 0 aliphatic carbocycles. The number of aliphatic imine (C=N–C) groups is 1. The van der Waals surface area contributed by atoms with Gasteiger partial charge < -0.3 is 30.2 Å². The van der Waals surface area contributed by atoms with Gasteiger partial charge in [0.15, 0.2) is 5.96 Å². The van der Waals surface area contributed by atoms with Crippen LogP contribution >= 0.6 is 0 Å². The van der Waals surface area contributed by atoms with Crippen molar-refractivity contribution in [2.45, 2.75) is 26.2 Å². The Morgan fingerprint density at radius 2 is 1.96 bits per heavy atom. The molecule has 0 spiro atoms. The van der Waals surface area contributed by atoms with Crippen molar-refractivity contribution in [1.82, 2.24) is 16.0 Å². The van der Waals surface area contributed by atoms with E-state index in [9.17, 15) is 4.79 Å². The summed E-state index contributed by atoms with van der Waals surface area (Å²) in [4.78, 5) is 15.9. The number of nitrogens with zero attached hydrogens (tertiary/aromatic N) is 1. The molecule has 1 aliphatic heterocycles. The van der Waals surface area contributed by atoms with Crippen molar-refractivity contribution in [2.75, 3.05) is 66.3 Å². The van der Waals surface area contributed by atoms with Gasteiger partial charge in [-0.2, -0.15) is 0 Å². The lowest BCUT2D eigenvalue weighted by Crippen LogP contribution is -2.39. The second-order valence-electron chi connectivity index (χ2n) is 5.95. The summed E-state index contributed by atoms with van der Waals surface area (Å²) < 4.78 is 16.0. The van der Waals surface area contributed by atoms with Crippen molar-refractivity contribution in [3.63, 3.8) is 0 Å². The van der Waals surface area contributed by atoms with E-state index in [1.807, 2.05) is 6.92 Å². The number of hydrogen-bond acceptors (Lipinski definition) is 5. The van der Waals surface area contributed by atoms with Crippen molar-refractivity contribution < 1.29 is 19.0 Å². The van der Waals surface area contributed by atoms with E-state index in [2.05, 4.69) is 20.9 Å². The summed E-state index contributed by atoms with van der Waals surface area (Å²) in [6.45, 7) is 7.85. The van der Waals surface area contributed by atoms with Gasteiger partial charge in [0.1, 0.15) is 6.54 Å². The maximum atomic E-state index is 11.6. The lowest BCUT2D eigenvalue weighted by atomic mass is 10.0. The molecule has 0 aromatic carbocycles. The van der Waals surface area contributed by atoms with Gasteiger partial charge in [0, 0.05) is 53.2 Å². The van der Waals surface area contributed by atoms with Crippen molar-refractivity contribution >= 4 is 11.9 Å². The van der Waals surface area contributed by atoms with Crippen LogP contribution in [-0.4, -0.2) is 78.2 Å². The highest BCUT2D eigenvalue weighted by Gasteiger charge is 2.13. The SMILES string of the molecule is CCNC(=NCC(=O)NCCOC)NCCCOCC1CCOCC1. The second kappa shape index (κ2) is 14.9. The van der Waals surface area contributed by atoms with E-state index < -0.39 is 0 Å². The zero-order valence-corrected chi connectivity index (χ0v) is 15.6. The van der Waals surface area contributed by atoms with E-state index in [1.165, 1.54) is 0 Å². The first-order valence-corrected chi connectivity index (χ1v) is 9.19. The van der Waals surface area contributed by atoms with Gasteiger partial charge in [0.2, 0.25) is 5.91 Å². The third-order valence-electron chi connectivity index (χ3n) is 3.81. The molecule has 1 rings (SSSR count). The molecule has 0 radical (unpaired) electrons. The molecule has 0 saturated carbocycles. The topological polar surface area (TPSA) is 93.2 Å². The molecule has 1 heterocycles. The fourth-order valence-corrected chi connectivity index (χ4v) is 2.39. The molecule has 0 aromatic rings. The normalized spacial score (nSPS) is 15.8. The van der Waals surface area contributed by atoms with Crippen LogP contribution < -0.4 is 16.0 Å². The molecule has 1 aliphatic rings. The number of nitrogens with one attached hydrogen (secondary N) is 3. The highest BCUT2D eigenvalue weighted by molar-refractivity contribution is 5.84. The summed E-state index contributed by atoms with van der Waals surface area (Å²) in [6, 6.07) is 0. The number of carbonyl (C=O) groups is 1. The van der Waals surface area contributed by atoms with Gasteiger partial charge in [-0.05, 0) is 32.1 Å². The van der Waals surface area contributed by atoms with Crippen molar-refractivity contribution in [1.29, 1.82) is 0 Å². The van der Waals surface area contributed by atoms with Crippen LogP contribution in [-0.2, 0) is 19.0 Å². The molecule has 0 bridgehead atoms. The molecular weight excluding hydrogens is 324 g/mol. The molecule has 25 heavy (non-hydrogen) atoms. The van der Waals surface area contributed by atoms with E-state index >= 15 is 0 Å². The van der Waals surface area contributed by atoms with Crippen LogP contribution in [0.15, 0.2) is 4.99 Å². The Morgan fingerprint density at radius 3 is 2.68 bits per heavy atom. The molecule has 1 saturated heterocycles. The van der Waals surface area contributed by atoms with E-state index in [1.54, 1.807) is 7.11 Å². The van der Waals surface area contributed by atoms with Crippen LogP contribution in [0.5, 0.6) is 0 Å². The summed E-state index contributed by atoms with van der Waals surface area (Å²) in [5.41, 5.74) is 0. The molecular formula is C17H34N4O4. The van der Waals surface area contributed by atoms with Gasteiger partial charge in [0.05, 0.1) is 6.61 Å². The first kappa shape index (κ1) is 21.7. The van der Waals surface area contributed by atoms with Crippen molar-refractivity contribution in [3.8, 4) is 0 Å². The number of methoxy groups -OCH3 is 1. The first-order valence-electron chi connectivity index (χ1n) is 9.19. The van der Waals surface area contributed by atoms with Crippen LogP contribution in [0.25, 0.3) is 0 Å².